The van der Waals surface area contributed by atoms with Gasteiger partial charge >= 0.3 is 0 Å². The second-order valence-corrected chi connectivity index (χ2v) is 16.1. The number of piperidine rings is 1. The minimum atomic E-state index is -0.858. The smallest absolute Gasteiger partial charge is 0.245 e. The Hall–Kier alpha value is -6.81. The van der Waals surface area contributed by atoms with Gasteiger partial charge in [-0.25, -0.2) is 27.8 Å². The van der Waals surface area contributed by atoms with Crippen molar-refractivity contribution in [1.82, 2.24) is 44.1 Å². The van der Waals surface area contributed by atoms with E-state index in [1.54, 1.807) is 24.0 Å². The maximum absolute atomic E-state index is 15.4. The molecule has 16 nitrogen and oxygen atoms in total. The first-order valence-corrected chi connectivity index (χ1v) is 20.1. The van der Waals surface area contributed by atoms with Gasteiger partial charge in [0.25, 0.3) is 0 Å². The predicted molar refractivity (Wildman–Crippen MR) is 224 cm³/mol. The first-order valence-electron chi connectivity index (χ1n) is 20.1. The van der Waals surface area contributed by atoms with Crippen molar-refractivity contribution in [3.05, 3.63) is 78.0 Å². The van der Waals surface area contributed by atoms with Crippen molar-refractivity contribution in [2.24, 2.45) is 0 Å². The van der Waals surface area contributed by atoms with Crippen LogP contribution < -0.4 is 15.1 Å². The van der Waals surface area contributed by atoms with Crippen LogP contribution in [0.2, 0.25) is 0 Å². The summed E-state index contributed by atoms with van der Waals surface area (Å²) in [6, 6.07) is 11.7. The average molecular weight is 838 g/mol. The third-order valence-corrected chi connectivity index (χ3v) is 12.3. The molecule has 19 heteroatoms. The van der Waals surface area contributed by atoms with E-state index in [4.69, 9.17) is 19.7 Å². The number of aryl methyl sites for hydroxylation is 1. The van der Waals surface area contributed by atoms with Crippen LogP contribution in [0.3, 0.4) is 0 Å². The second kappa shape index (κ2) is 14.7. The van der Waals surface area contributed by atoms with Gasteiger partial charge in [0.05, 0.1) is 59.5 Å². The first-order chi connectivity index (χ1) is 29.5. The molecule has 3 unspecified atom stereocenters. The number of rotatable bonds is 6. The molecular weight excluding hydrogens is 792 g/mol. The average Bonchev–Trinajstić information content (AvgIpc) is 3.93. The zero-order chi connectivity index (χ0) is 42.3. The highest BCUT2D eigenvalue weighted by atomic mass is 19.1. The van der Waals surface area contributed by atoms with Crippen LogP contribution in [0.5, 0.6) is 0 Å². The van der Waals surface area contributed by atoms with Crippen molar-refractivity contribution in [2.45, 2.75) is 63.0 Å². The van der Waals surface area contributed by atoms with Crippen LogP contribution in [0.15, 0.2) is 54.7 Å². The summed E-state index contributed by atoms with van der Waals surface area (Å²) >= 11 is 0. The Morgan fingerprint density at radius 3 is 2.59 bits per heavy atom. The molecule has 1 N–H and O–H groups in total. The normalized spacial score (nSPS) is 22.6. The Kier molecular flexibility index (Phi) is 9.27. The molecule has 6 aromatic rings. The molecule has 2 aromatic carbocycles. The zero-order valence-corrected chi connectivity index (χ0v) is 33.5. The molecule has 0 spiro atoms. The number of ether oxygens (including phenoxy) is 1. The van der Waals surface area contributed by atoms with Crippen LogP contribution in [0, 0.1) is 35.7 Å². The fourth-order valence-corrected chi connectivity index (χ4v) is 9.39. The van der Waals surface area contributed by atoms with Crippen LogP contribution in [-0.4, -0.2) is 127 Å². The van der Waals surface area contributed by atoms with Gasteiger partial charge in [0.15, 0.2) is 11.5 Å². The van der Waals surface area contributed by atoms with E-state index in [9.17, 15) is 19.2 Å². The molecule has 4 aliphatic heterocycles. The van der Waals surface area contributed by atoms with E-state index in [0.717, 1.165) is 12.1 Å². The van der Waals surface area contributed by atoms with Gasteiger partial charge in [-0.15, -0.1) is 0 Å². The van der Waals surface area contributed by atoms with Crippen molar-refractivity contribution in [3.63, 3.8) is 0 Å². The molecule has 0 saturated carbocycles. The number of amides is 2. The molecule has 61 heavy (non-hydrogen) atoms. The SMILES string of the molecule is COC1CN(C)C(=O)[C@@H]2CC(CN2c2nc(N3C4C[C@@H]3C(=O)N(CCC#N)C4)nc3c2cnn3-c2ccc(F)cc2F)Nc2cccc(n2)-c2cc(F)cc3nc(C)n(c23)C1.[HH].[HH].[HH]. The number of nitrogens with one attached hydrogen (secondary N) is 1. The minimum absolute atomic E-state index is 0. The van der Waals surface area contributed by atoms with Crippen molar-refractivity contribution in [2.75, 3.05) is 55.5 Å². The highest BCUT2D eigenvalue weighted by Gasteiger charge is 2.52. The number of anilines is 3. The summed E-state index contributed by atoms with van der Waals surface area (Å²) in [5.41, 5.74) is 2.43. The number of nitriles is 1. The summed E-state index contributed by atoms with van der Waals surface area (Å²) in [5, 5.41) is 17.6. The fraction of sp³-hybridized carbons (Fsp3) is 0.381. The summed E-state index contributed by atoms with van der Waals surface area (Å²) in [4.78, 5) is 55.1. The number of imidazole rings is 1. The largest absolute Gasteiger partial charge is 0.378 e. The van der Waals surface area contributed by atoms with Crippen molar-refractivity contribution < 1.29 is 31.8 Å². The van der Waals surface area contributed by atoms with Gasteiger partial charge in [0.1, 0.15) is 46.9 Å². The number of carbonyl (C=O) groups excluding carboxylic acids is 2. The summed E-state index contributed by atoms with van der Waals surface area (Å²) in [5.74, 6) is -0.726. The number of hydrogen-bond acceptors (Lipinski definition) is 12. The number of pyridine rings is 1. The fourth-order valence-electron chi connectivity index (χ4n) is 9.39. The van der Waals surface area contributed by atoms with Gasteiger partial charge in [-0.3, -0.25) is 9.59 Å². The van der Waals surface area contributed by atoms with E-state index < -0.39 is 35.6 Å². The number of halogens is 3. The Balaban J connectivity index is 0.00000204. The van der Waals surface area contributed by atoms with Crippen molar-refractivity contribution in [1.29, 1.82) is 5.26 Å². The molecule has 4 aromatic heterocycles. The number of nitrogens with zero attached hydrogens (tertiary/aromatic N) is 12. The number of hydrogen-bond donors (Lipinski definition) is 1. The van der Waals surface area contributed by atoms with E-state index in [1.807, 2.05) is 39.5 Å². The van der Waals surface area contributed by atoms with Gasteiger partial charge in [0, 0.05) is 68.4 Å². The van der Waals surface area contributed by atoms with E-state index in [-0.39, 0.29) is 65.0 Å². The van der Waals surface area contributed by atoms with Gasteiger partial charge < -0.3 is 34.2 Å². The zero-order valence-electron chi connectivity index (χ0n) is 33.5. The Labute approximate surface area is 351 Å². The molecule has 0 radical (unpaired) electrons. The Morgan fingerprint density at radius 1 is 0.951 bits per heavy atom. The number of benzene rings is 2. The summed E-state index contributed by atoms with van der Waals surface area (Å²) in [6.07, 6.45) is 2.10. The molecule has 3 saturated heterocycles. The molecular formula is C42H46F3N13O3. The van der Waals surface area contributed by atoms with Crippen molar-refractivity contribution >= 4 is 51.5 Å². The van der Waals surface area contributed by atoms with E-state index in [1.165, 1.54) is 29.1 Å². The molecule has 2 amide bonds. The highest BCUT2D eigenvalue weighted by molar-refractivity contribution is 5.95. The van der Waals surface area contributed by atoms with Gasteiger partial charge in [0.2, 0.25) is 17.8 Å². The topological polar surface area (TPSA) is 166 Å². The third kappa shape index (κ3) is 6.43. The lowest BCUT2D eigenvalue weighted by Crippen LogP contribution is -2.72. The van der Waals surface area contributed by atoms with Crippen LogP contribution in [-0.2, 0) is 20.9 Å². The molecule has 10 rings (SSSR count). The number of likely N-dealkylation sites (tertiary alicyclic amines) is 1. The van der Waals surface area contributed by atoms with Crippen LogP contribution in [0.4, 0.5) is 30.8 Å². The van der Waals surface area contributed by atoms with Gasteiger partial charge in [-0.05, 0) is 50.1 Å². The van der Waals surface area contributed by atoms with Crippen LogP contribution >= 0.6 is 0 Å². The Bertz CT molecular complexity index is 2820. The molecule has 318 valence electrons. The number of likely N-dealkylation sites (N-methyl/N-ethyl adjacent to an activating group) is 1. The van der Waals surface area contributed by atoms with Gasteiger partial charge in [-0.1, -0.05) is 6.07 Å². The molecule has 0 aliphatic carbocycles. The molecule has 6 bridgehead atoms. The van der Waals surface area contributed by atoms with Crippen molar-refractivity contribution in [3.8, 4) is 23.0 Å². The lowest BCUT2D eigenvalue weighted by Gasteiger charge is -2.55. The standard InChI is InChI=1S/C42H40F3N13O3.3H2/c1-22-48-32-14-24(44)12-28-31-6-4-7-36(50-31)49-25-15-34(40(59)53(2)20-27(61-3)21-55(22)37(28)32)56(18-25)38-29-17-47-58(33-9-8-23(43)13-30(33)45)39(29)52-42(51-38)57-26-16-35(57)41(60)54(19-26)11-5-10-46;;;/h4,6-9,12-14,17,25-27,34-35H,5,11,15-16,18-21H2,1-3H3,(H,49,50);3*1H/t25?,26?,27?,34-,35+;;;/m0.../s1. The summed E-state index contributed by atoms with van der Waals surface area (Å²) < 4.78 is 53.9. The van der Waals surface area contributed by atoms with Crippen LogP contribution in [0.1, 0.15) is 29.4 Å². The van der Waals surface area contributed by atoms with Gasteiger partial charge in [-0.2, -0.15) is 20.3 Å². The molecule has 4 aliphatic rings. The minimum Gasteiger partial charge on any atom is -0.378 e. The number of aromatic nitrogens is 7. The molecule has 3 fully saturated rings. The lowest BCUT2D eigenvalue weighted by atomic mass is 9.87. The second-order valence-electron chi connectivity index (χ2n) is 16.1. The summed E-state index contributed by atoms with van der Waals surface area (Å²) in [7, 11) is 3.30. The Morgan fingerprint density at radius 2 is 1.80 bits per heavy atom. The predicted octanol–water partition coefficient (Wildman–Crippen LogP) is 4.94. The number of piperazine rings is 1. The first kappa shape index (κ1) is 38.4. The number of carbonyl (C=O) groups is 2. The number of fused-ring (bicyclic) bond motifs is 8. The van der Waals surface area contributed by atoms with Crippen LogP contribution in [0.25, 0.3) is 39.0 Å². The number of methoxy groups -OCH3 is 1. The third-order valence-electron chi connectivity index (χ3n) is 12.3. The summed E-state index contributed by atoms with van der Waals surface area (Å²) in [6.45, 7) is 3.30. The highest BCUT2D eigenvalue weighted by Crippen LogP contribution is 2.41. The maximum Gasteiger partial charge on any atom is 0.245 e. The molecule has 5 atom stereocenters. The van der Waals surface area contributed by atoms with E-state index >= 15 is 8.78 Å². The maximum atomic E-state index is 15.4. The van der Waals surface area contributed by atoms with E-state index in [2.05, 4.69) is 21.5 Å². The van der Waals surface area contributed by atoms with E-state index in [0.29, 0.717) is 77.6 Å². The molecule has 8 heterocycles. The monoisotopic (exact) mass is 837 g/mol. The quantitative estimate of drug-likeness (QED) is 0.241. The lowest BCUT2D eigenvalue weighted by molar-refractivity contribution is -0.140.